The zero-order valence-corrected chi connectivity index (χ0v) is 17.6. The Morgan fingerprint density at radius 1 is 1.37 bits per heavy atom. The molecule has 162 valence electrons. The number of carbonyl (C=O) groups is 2. The van der Waals surface area contributed by atoms with Gasteiger partial charge in [-0.15, -0.1) is 0 Å². The number of esters is 1. The normalized spacial score (nSPS) is 16.7. The summed E-state index contributed by atoms with van der Waals surface area (Å²) in [6.45, 7) is 3.81. The Morgan fingerprint density at radius 3 is 2.67 bits per heavy atom. The molecule has 1 saturated heterocycles. The molecule has 2 aromatic rings. The Morgan fingerprint density at radius 2 is 2.10 bits per heavy atom. The third-order valence-corrected chi connectivity index (χ3v) is 6.74. The number of hydrogen-bond acceptors (Lipinski definition) is 8. The summed E-state index contributed by atoms with van der Waals surface area (Å²) in [7, 11) is -3.65. The summed E-state index contributed by atoms with van der Waals surface area (Å²) in [5.74, 6) is -0.673. The lowest BCUT2D eigenvalue weighted by atomic mass is 9.98. The van der Waals surface area contributed by atoms with Crippen molar-refractivity contribution in [2.45, 2.75) is 44.1 Å². The lowest BCUT2D eigenvalue weighted by Gasteiger charge is -2.30. The van der Waals surface area contributed by atoms with Gasteiger partial charge in [0.15, 0.2) is 11.9 Å². The lowest BCUT2D eigenvalue weighted by molar-refractivity contribution is -0.159. The number of nitrogens with zero attached hydrogens (tertiary/aromatic N) is 3. The number of sulfonamides is 1. The van der Waals surface area contributed by atoms with Crippen LogP contribution in [0.5, 0.6) is 0 Å². The molecule has 0 radical (unpaired) electrons. The van der Waals surface area contributed by atoms with Crippen molar-refractivity contribution in [3.8, 4) is 0 Å². The second-order valence-electron chi connectivity index (χ2n) is 7.01. The molecule has 1 aliphatic heterocycles. The van der Waals surface area contributed by atoms with E-state index in [0.717, 1.165) is 0 Å². The van der Waals surface area contributed by atoms with Crippen LogP contribution in [0.2, 0.25) is 0 Å². The molecule has 0 aliphatic carbocycles. The number of aryl methyl sites for hydroxylation is 1. The Hall–Kier alpha value is -2.79. The number of piperidine rings is 1. The first kappa shape index (κ1) is 21.9. The second kappa shape index (κ2) is 9.35. The van der Waals surface area contributed by atoms with Crippen molar-refractivity contribution in [2.75, 3.05) is 18.4 Å². The molecule has 30 heavy (non-hydrogen) atoms. The van der Waals surface area contributed by atoms with E-state index in [1.54, 1.807) is 26.0 Å². The highest BCUT2D eigenvalue weighted by molar-refractivity contribution is 7.89. The van der Waals surface area contributed by atoms with E-state index in [1.807, 2.05) is 0 Å². The van der Waals surface area contributed by atoms with Gasteiger partial charge < -0.3 is 14.6 Å². The second-order valence-corrected chi connectivity index (χ2v) is 8.95. The van der Waals surface area contributed by atoms with Gasteiger partial charge in [-0.2, -0.15) is 4.31 Å². The van der Waals surface area contributed by atoms with E-state index in [1.165, 1.54) is 22.8 Å². The Labute approximate surface area is 174 Å². The summed E-state index contributed by atoms with van der Waals surface area (Å²) in [5, 5.41) is 6.24. The van der Waals surface area contributed by atoms with Crippen molar-refractivity contribution in [1.29, 1.82) is 0 Å². The highest BCUT2D eigenvalue weighted by Gasteiger charge is 2.34. The first-order chi connectivity index (χ1) is 14.3. The van der Waals surface area contributed by atoms with Crippen molar-refractivity contribution < 1.29 is 27.3 Å². The number of amides is 1. The van der Waals surface area contributed by atoms with Crippen LogP contribution in [0.4, 0.5) is 5.82 Å². The summed E-state index contributed by atoms with van der Waals surface area (Å²) in [5.41, 5.74) is 0. The highest BCUT2D eigenvalue weighted by atomic mass is 32.2. The van der Waals surface area contributed by atoms with E-state index in [9.17, 15) is 18.0 Å². The maximum atomic E-state index is 12.7. The molecule has 10 nitrogen and oxygen atoms in total. The maximum absolute atomic E-state index is 12.7. The first-order valence-corrected chi connectivity index (χ1v) is 11.1. The van der Waals surface area contributed by atoms with E-state index < -0.39 is 33.9 Å². The fourth-order valence-corrected chi connectivity index (χ4v) is 4.61. The van der Waals surface area contributed by atoms with Crippen LogP contribution in [0.15, 0.2) is 40.0 Å². The largest absolute Gasteiger partial charge is 0.452 e. The molecule has 1 aliphatic rings. The van der Waals surface area contributed by atoms with Crippen LogP contribution in [-0.4, -0.2) is 53.9 Å². The minimum atomic E-state index is -3.65. The van der Waals surface area contributed by atoms with E-state index >= 15 is 0 Å². The fourth-order valence-electron chi connectivity index (χ4n) is 3.17. The van der Waals surface area contributed by atoms with E-state index in [-0.39, 0.29) is 23.8 Å². The first-order valence-electron chi connectivity index (χ1n) is 9.66. The van der Waals surface area contributed by atoms with E-state index in [4.69, 9.17) is 9.26 Å². The van der Waals surface area contributed by atoms with Crippen LogP contribution < -0.4 is 5.32 Å². The van der Waals surface area contributed by atoms with Gasteiger partial charge in [-0.1, -0.05) is 12.1 Å². The lowest BCUT2D eigenvalue weighted by Crippen LogP contribution is -2.42. The molecule has 1 amide bonds. The van der Waals surface area contributed by atoms with Crippen LogP contribution in [-0.2, 0) is 24.3 Å². The molecule has 0 bridgehead atoms. The number of ether oxygens (including phenoxy) is 1. The molecule has 0 spiro atoms. The van der Waals surface area contributed by atoms with Crippen molar-refractivity contribution in [1.82, 2.24) is 14.4 Å². The molecule has 0 aromatic carbocycles. The standard InChI is InChI=1S/C19H24N4O6S/c1-3-16(18(24)21-17-11-13(2)29-22-17)28-19(25)14-6-9-23(10-7-14)30(26,27)15-5-4-8-20-12-15/h4-5,8,11-12,14,16H,3,6-7,9-10H2,1-2H3,(H,21,22,24). The van der Waals surface area contributed by atoms with Gasteiger partial charge in [-0.25, -0.2) is 8.42 Å². The summed E-state index contributed by atoms with van der Waals surface area (Å²) >= 11 is 0. The van der Waals surface area contributed by atoms with Crippen LogP contribution in [0, 0.1) is 12.8 Å². The smallest absolute Gasteiger partial charge is 0.309 e. The van der Waals surface area contributed by atoms with Crippen molar-refractivity contribution in [3.63, 3.8) is 0 Å². The molecule has 2 aromatic heterocycles. The zero-order chi connectivity index (χ0) is 21.7. The Balaban J connectivity index is 1.54. The van der Waals surface area contributed by atoms with Gasteiger partial charge in [0.05, 0.1) is 5.92 Å². The topological polar surface area (TPSA) is 132 Å². The molecule has 1 N–H and O–H groups in total. The molecule has 0 saturated carbocycles. The Bertz CT molecular complexity index is 983. The molecule has 1 fully saturated rings. The zero-order valence-electron chi connectivity index (χ0n) is 16.8. The van der Waals surface area contributed by atoms with E-state index in [0.29, 0.717) is 25.0 Å². The molecule has 3 rings (SSSR count). The average Bonchev–Trinajstić information content (AvgIpc) is 3.16. The van der Waals surface area contributed by atoms with Crippen molar-refractivity contribution >= 4 is 27.7 Å². The summed E-state index contributed by atoms with van der Waals surface area (Å²) in [6.07, 6.45) is 2.77. The quantitative estimate of drug-likeness (QED) is 0.649. The van der Waals surface area contributed by atoms with Crippen molar-refractivity contribution in [3.05, 3.63) is 36.4 Å². The van der Waals surface area contributed by atoms with E-state index in [2.05, 4.69) is 15.5 Å². The number of aromatic nitrogens is 2. The van der Waals surface area contributed by atoms with Crippen molar-refractivity contribution in [2.24, 2.45) is 5.92 Å². The van der Waals surface area contributed by atoms with Crippen LogP contribution in [0.3, 0.4) is 0 Å². The molecule has 3 heterocycles. The third kappa shape index (κ3) is 5.03. The number of pyridine rings is 1. The predicted molar refractivity (Wildman–Crippen MR) is 106 cm³/mol. The highest BCUT2D eigenvalue weighted by Crippen LogP contribution is 2.25. The number of rotatable bonds is 7. The third-order valence-electron chi connectivity index (χ3n) is 4.86. The minimum Gasteiger partial charge on any atom is -0.452 e. The van der Waals surface area contributed by atoms with Gasteiger partial charge >= 0.3 is 5.97 Å². The SMILES string of the molecule is CCC(OC(=O)C1CCN(S(=O)(=O)c2cccnc2)CC1)C(=O)Nc1cc(C)on1. The summed E-state index contributed by atoms with van der Waals surface area (Å²) in [6, 6.07) is 4.61. The van der Waals surface area contributed by atoms with Gasteiger partial charge in [0.2, 0.25) is 10.0 Å². The summed E-state index contributed by atoms with van der Waals surface area (Å²) in [4.78, 5) is 28.9. The average molecular weight is 436 g/mol. The Kier molecular flexibility index (Phi) is 6.83. The minimum absolute atomic E-state index is 0.122. The number of anilines is 1. The van der Waals surface area contributed by atoms with Gasteiger partial charge in [0.25, 0.3) is 5.91 Å². The van der Waals surface area contributed by atoms with Gasteiger partial charge in [0.1, 0.15) is 10.7 Å². The summed E-state index contributed by atoms with van der Waals surface area (Å²) < 4.78 is 36.9. The van der Waals surface area contributed by atoms with Crippen LogP contribution in [0.1, 0.15) is 31.9 Å². The molecule has 1 unspecified atom stereocenters. The van der Waals surface area contributed by atoms with Gasteiger partial charge in [0, 0.05) is 31.5 Å². The molecule has 1 atom stereocenters. The van der Waals surface area contributed by atoms with Gasteiger partial charge in [-0.3, -0.25) is 14.6 Å². The number of carbonyl (C=O) groups excluding carboxylic acids is 2. The molecule has 11 heteroatoms. The predicted octanol–water partition coefficient (Wildman–Crippen LogP) is 1.74. The van der Waals surface area contributed by atoms with Crippen LogP contribution in [0.25, 0.3) is 0 Å². The number of nitrogens with one attached hydrogen (secondary N) is 1. The molecular formula is C19H24N4O6S. The fraction of sp³-hybridized carbons (Fsp3) is 0.474. The van der Waals surface area contributed by atoms with Gasteiger partial charge in [-0.05, 0) is 38.3 Å². The van der Waals surface area contributed by atoms with Crippen LogP contribution >= 0.6 is 0 Å². The number of hydrogen-bond donors (Lipinski definition) is 1. The monoisotopic (exact) mass is 436 g/mol. The molecular weight excluding hydrogens is 412 g/mol. The maximum Gasteiger partial charge on any atom is 0.309 e.